The van der Waals surface area contributed by atoms with Crippen LogP contribution in [-0.2, 0) is 11.3 Å². The van der Waals surface area contributed by atoms with Crippen molar-refractivity contribution in [2.75, 3.05) is 19.8 Å². The minimum atomic E-state index is 0.0654. The van der Waals surface area contributed by atoms with Gasteiger partial charge in [0.15, 0.2) is 0 Å². The van der Waals surface area contributed by atoms with Gasteiger partial charge in [-0.15, -0.1) is 11.8 Å². The van der Waals surface area contributed by atoms with Crippen molar-refractivity contribution in [2.45, 2.75) is 37.8 Å². The van der Waals surface area contributed by atoms with E-state index in [0.717, 1.165) is 18.5 Å². The first-order valence-corrected chi connectivity index (χ1v) is 9.91. The van der Waals surface area contributed by atoms with E-state index in [2.05, 4.69) is 74.0 Å². The second kappa shape index (κ2) is 9.64. The average Bonchev–Trinajstić information content (AvgIpc) is 2.61. The molecule has 0 heterocycles. The molecule has 0 bridgehead atoms. The van der Waals surface area contributed by atoms with E-state index in [9.17, 15) is 4.79 Å². The standard InChI is InChI=1S/C21H28N2OS/c1-5-20(18-10-6-16(2)7-11-18)22-21(24)15-23(3)14-17-8-12-19(25-4)13-9-17/h6-13,20H,5,14-15H2,1-4H3,(H,22,24)/t20-/m0/s1. The van der Waals surface area contributed by atoms with Gasteiger partial charge >= 0.3 is 0 Å². The maximum atomic E-state index is 12.4. The molecule has 134 valence electrons. The Bertz CT molecular complexity index is 667. The van der Waals surface area contributed by atoms with Gasteiger partial charge in [-0.1, -0.05) is 48.9 Å². The molecule has 2 rings (SSSR count). The van der Waals surface area contributed by atoms with Gasteiger partial charge in [0, 0.05) is 11.4 Å². The maximum Gasteiger partial charge on any atom is 0.234 e. The zero-order valence-electron chi connectivity index (χ0n) is 15.6. The van der Waals surface area contributed by atoms with E-state index in [0.29, 0.717) is 6.54 Å². The van der Waals surface area contributed by atoms with Gasteiger partial charge in [-0.3, -0.25) is 9.69 Å². The van der Waals surface area contributed by atoms with Crippen molar-refractivity contribution >= 4 is 17.7 Å². The molecule has 0 aliphatic carbocycles. The Morgan fingerprint density at radius 1 is 1.12 bits per heavy atom. The highest BCUT2D eigenvalue weighted by Crippen LogP contribution is 2.18. The molecule has 1 atom stereocenters. The molecule has 25 heavy (non-hydrogen) atoms. The molecule has 0 spiro atoms. The van der Waals surface area contributed by atoms with Crippen LogP contribution in [0.2, 0.25) is 0 Å². The Hall–Kier alpha value is -1.78. The van der Waals surface area contributed by atoms with Crippen molar-refractivity contribution in [1.82, 2.24) is 10.2 Å². The van der Waals surface area contributed by atoms with Gasteiger partial charge in [0.2, 0.25) is 5.91 Å². The van der Waals surface area contributed by atoms with Crippen molar-refractivity contribution in [3.05, 3.63) is 65.2 Å². The van der Waals surface area contributed by atoms with Gasteiger partial charge < -0.3 is 5.32 Å². The summed E-state index contributed by atoms with van der Waals surface area (Å²) in [5.74, 6) is 0.0654. The number of nitrogens with one attached hydrogen (secondary N) is 1. The van der Waals surface area contributed by atoms with E-state index in [1.807, 2.05) is 11.9 Å². The zero-order chi connectivity index (χ0) is 18.2. The van der Waals surface area contributed by atoms with Crippen molar-refractivity contribution in [3.8, 4) is 0 Å². The molecule has 4 heteroatoms. The Balaban J connectivity index is 1.87. The molecule has 3 nitrogen and oxygen atoms in total. The normalized spacial score (nSPS) is 12.2. The summed E-state index contributed by atoms with van der Waals surface area (Å²) >= 11 is 1.74. The second-order valence-corrected chi connectivity index (χ2v) is 7.34. The van der Waals surface area contributed by atoms with Gasteiger partial charge in [0.25, 0.3) is 0 Å². The van der Waals surface area contributed by atoms with E-state index in [-0.39, 0.29) is 11.9 Å². The maximum absolute atomic E-state index is 12.4. The number of carbonyl (C=O) groups is 1. The smallest absolute Gasteiger partial charge is 0.234 e. The summed E-state index contributed by atoms with van der Waals surface area (Å²) in [4.78, 5) is 15.7. The molecule has 0 radical (unpaired) electrons. The zero-order valence-corrected chi connectivity index (χ0v) is 16.4. The molecular weight excluding hydrogens is 328 g/mol. The molecule has 0 aliphatic heterocycles. The number of carbonyl (C=O) groups excluding carboxylic acids is 1. The van der Waals surface area contributed by atoms with E-state index in [1.165, 1.54) is 16.0 Å². The number of rotatable bonds is 8. The molecule has 0 saturated carbocycles. The molecule has 1 N–H and O–H groups in total. The van der Waals surface area contributed by atoms with E-state index < -0.39 is 0 Å². The van der Waals surface area contributed by atoms with Crippen molar-refractivity contribution in [2.24, 2.45) is 0 Å². The highest BCUT2D eigenvalue weighted by molar-refractivity contribution is 7.98. The quantitative estimate of drug-likeness (QED) is 0.711. The number of benzene rings is 2. The Kier molecular flexibility index (Phi) is 7.53. The van der Waals surface area contributed by atoms with E-state index in [4.69, 9.17) is 0 Å². The van der Waals surface area contributed by atoms with Gasteiger partial charge in [0.1, 0.15) is 0 Å². The topological polar surface area (TPSA) is 32.3 Å². The highest BCUT2D eigenvalue weighted by atomic mass is 32.2. The fourth-order valence-electron chi connectivity index (χ4n) is 2.80. The minimum absolute atomic E-state index is 0.0654. The summed E-state index contributed by atoms with van der Waals surface area (Å²) in [7, 11) is 1.98. The first-order valence-electron chi connectivity index (χ1n) is 8.69. The van der Waals surface area contributed by atoms with Crippen LogP contribution in [0.1, 0.15) is 36.1 Å². The lowest BCUT2D eigenvalue weighted by atomic mass is 10.0. The lowest BCUT2D eigenvalue weighted by Crippen LogP contribution is -2.36. The second-order valence-electron chi connectivity index (χ2n) is 6.46. The monoisotopic (exact) mass is 356 g/mol. The Labute approximate surface area is 155 Å². The number of hydrogen-bond donors (Lipinski definition) is 1. The van der Waals surface area contributed by atoms with Crippen LogP contribution in [0.25, 0.3) is 0 Å². The van der Waals surface area contributed by atoms with Crippen molar-refractivity contribution < 1.29 is 4.79 Å². The molecule has 1 amide bonds. The molecule has 0 unspecified atom stereocenters. The van der Waals surface area contributed by atoms with Crippen LogP contribution in [0.3, 0.4) is 0 Å². The lowest BCUT2D eigenvalue weighted by molar-refractivity contribution is -0.122. The van der Waals surface area contributed by atoms with Crippen molar-refractivity contribution in [1.29, 1.82) is 0 Å². The third-order valence-electron chi connectivity index (χ3n) is 4.25. The van der Waals surface area contributed by atoms with Crippen LogP contribution in [0, 0.1) is 6.92 Å². The van der Waals surface area contributed by atoms with Gasteiger partial charge in [0.05, 0.1) is 12.6 Å². The number of likely N-dealkylation sites (N-methyl/N-ethyl adjacent to an activating group) is 1. The summed E-state index contributed by atoms with van der Waals surface area (Å²) in [6.45, 7) is 5.34. The third-order valence-corrected chi connectivity index (χ3v) is 4.99. The van der Waals surface area contributed by atoms with Crippen LogP contribution in [0.15, 0.2) is 53.4 Å². The Morgan fingerprint density at radius 3 is 2.32 bits per heavy atom. The fourth-order valence-corrected chi connectivity index (χ4v) is 3.21. The van der Waals surface area contributed by atoms with Gasteiger partial charge in [-0.25, -0.2) is 0 Å². The third kappa shape index (κ3) is 6.22. The Morgan fingerprint density at radius 2 is 1.76 bits per heavy atom. The molecule has 0 aromatic heterocycles. The first-order chi connectivity index (χ1) is 12.0. The molecular formula is C21H28N2OS. The van der Waals surface area contributed by atoms with E-state index in [1.54, 1.807) is 11.8 Å². The van der Waals surface area contributed by atoms with Crippen LogP contribution < -0.4 is 5.32 Å². The fraction of sp³-hybridized carbons (Fsp3) is 0.381. The molecule has 0 saturated heterocycles. The van der Waals surface area contributed by atoms with Gasteiger partial charge in [-0.05, 0) is 49.9 Å². The number of thioether (sulfide) groups is 1. The largest absolute Gasteiger partial charge is 0.348 e. The van der Waals surface area contributed by atoms with Crippen LogP contribution >= 0.6 is 11.8 Å². The van der Waals surface area contributed by atoms with Crippen LogP contribution in [-0.4, -0.2) is 30.7 Å². The lowest BCUT2D eigenvalue weighted by Gasteiger charge is -2.21. The summed E-state index contributed by atoms with van der Waals surface area (Å²) < 4.78 is 0. The van der Waals surface area contributed by atoms with Crippen LogP contribution in [0.5, 0.6) is 0 Å². The predicted molar refractivity (Wildman–Crippen MR) is 107 cm³/mol. The number of hydrogen-bond acceptors (Lipinski definition) is 3. The molecule has 0 aliphatic rings. The van der Waals surface area contributed by atoms with E-state index >= 15 is 0 Å². The minimum Gasteiger partial charge on any atom is -0.348 e. The highest BCUT2D eigenvalue weighted by Gasteiger charge is 2.14. The summed E-state index contributed by atoms with van der Waals surface area (Å²) in [6, 6.07) is 17.0. The summed E-state index contributed by atoms with van der Waals surface area (Å²) in [5, 5.41) is 3.15. The van der Waals surface area contributed by atoms with Crippen LogP contribution in [0.4, 0.5) is 0 Å². The number of amides is 1. The summed E-state index contributed by atoms with van der Waals surface area (Å²) in [6.07, 6.45) is 2.96. The first kappa shape index (κ1) is 19.5. The average molecular weight is 357 g/mol. The van der Waals surface area contributed by atoms with Gasteiger partial charge in [-0.2, -0.15) is 0 Å². The number of nitrogens with zero attached hydrogens (tertiary/aromatic N) is 1. The molecule has 0 fully saturated rings. The SMILES string of the molecule is CC[C@H](NC(=O)CN(C)Cc1ccc(SC)cc1)c1ccc(C)cc1. The molecule has 2 aromatic rings. The van der Waals surface area contributed by atoms with Crippen molar-refractivity contribution in [3.63, 3.8) is 0 Å². The molecule has 2 aromatic carbocycles. The summed E-state index contributed by atoms with van der Waals surface area (Å²) in [5.41, 5.74) is 3.62. The number of aryl methyl sites for hydroxylation is 1. The predicted octanol–water partition coefficient (Wildman–Crippen LogP) is 4.42.